The number of rotatable bonds is 4. The number of benzene rings is 1. The SMILES string of the molecule is CCC(C)(C)C1CCC(Nc2c(Br)cccc2Br)CC1. The van der Waals surface area contributed by atoms with E-state index in [0.717, 1.165) is 14.9 Å². The van der Waals surface area contributed by atoms with Gasteiger partial charge in [0.1, 0.15) is 0 Å². The Morgan fingerprint density at radius 2 is 1.65 bits per heavy atom. The van der Waals surface area contributed by atoms with Crippen molar-refractivity contribution in [3.05, 3.63) is 27.1 Å². The van der Waals surface area contributed by atoms with E-state index >= 15 is 0 Å². The van der Waals surface area contributed by atoms with Crippen LogP contribution in [-0.2, 0) is 0 Å². The average molecular weight is 403 g/mol. The summed E-state index contributed by atoms with van der Waals surface area (Å²) >= 11 is 7.27. The lowest BCUT2D eigenvalue weighted by Crippen LogP contribution is -2.32. The van der Waals surface area contributed by atoms with Gasteiger partial charge >= 0.3 is 0 Å². The zero-order valence-corrected chi connectivity index (χ0v) is 15.9. The van der Waals surface area contributed by atoms with Crippen LogP contribution in [0.5, 0.6) is 0 Å². The lowest BCUT2D eigenvalue weighted by atomic mass is 9.69. The van der Waals surface area contributed by atoms with Gasteiger partial charge in [0.2, 0.25) is 0 Å². The first kappa shape index (κ1) is 16.4. The molecule has 0 spiro atoms. The second kappa shape index (κ2) is 6.83. The third-order valence-corrected chi connectivity index (χ3v) is 6.38. The van der Waals surface area contributed by atoms with Gasteiger partial charge in [0, 0.05) is 15.0 Å². The topological polar surface area (TPSA) is 12.0 Å². The van der Waals surface area contributed by atoms with Gasteiger partial charge in [-0.3, -0.25) is 0 Å². The van der Waals surface area contributed by atoms with Crippen LogP contribution in [0.1, 0.15) is 52.9 Å². The molecule has 1 aromatic carbocycles. The van der Waals surface area contributed by atoms with Gasteiger partial charge in [-0.15, -0.1) is 0 Å². The van der Waals surface area contributed by atoms with Crippen molar-refractivity contribution in [3.8, 4) is 0 Å². The molecule has 0 aliphatic heterocycles. The lowest BCUT2D eigenvalue weighted by Gasteiger charge is -2.39. The molecule has 0 atom stereocenters. The molecule has 3 heteroatoms. The lowest BCUT2D eigenvalue weighted by molar-refractivity contribution is 0.147. The molecule has 0 aromatic heterocycles. The Morgan fingerprint density at radius 1 is 1.10 bits per heavy atom. The van der Waals surface area contributed by atoms with Gasteiger partial charge in [0.05, 0.1) is 5.69 Å². The van der Waals surface area contributed by atoms with Crippen LogP contribution in [0.4, 0.5) is 5.69 Å². The van der Waals surface area contributed by atoms with E-state index in [1.807, 2.05) is 0 Å². The minimum absolute atomic E-state index is 0.499. The molecule has 0 heterocycles. The van der Waals surface area contributed by atoms with Crippen molar-refractivity contribution < 1.29 is 0 Å². The molecule has 1 aliphatic rings. The predicted molar refractivity (Wildman–Crippen MR) is 95.3 cm³/mol. The Bertz CT molecular complexity index is 428. The van der Waals surface area contributed by atoms with Crippen molar-refractivity contribution >= 4 is 37.5 Å². The third-order valence-electron chi connectivity index (χ3n) is 5.05. The van der Waals surface area contributed by atoms with E-state index in [9.17, 15) is 0 Å². The highest BCUT2D eigenvalue weighted by Gasteiger charge is 2.31. The number of hydrogen-bond donors (Lipinski definition) is 1. The monoisotopic (exact) mass is 401 g/mol. The second-order valence-electron chi connectivity index (χ2n) is 6.63. The summed E-state index contributed by atoms with van der Waals surface area (Å²) in [4.78, 5) is 0. The number of halogens is 2. The van der Waals surface area contributed by atoms with Gasteiger partial charge in [0.25, 0.3) is 0 Å². The molecule has 1 aromatic rings. The molecule has 112 valence electrons. The zero-order chi connectivity index (χ0) is 14.8. The maximum atomic E-state index is 3.71. The third kappa shape index (κ3) is 3.79. The molecule has 2 rings (SSSR count). The van der Waals surface area contributed by atoms with Crippen LogP contribution < -0.4 is 5.32 Å². The van der Waals surface area contributed by atoms with E-state index in [1.165, 1.54) is 37.8 Å². The Kier molecular flexibility index (Phi) is 5.58. The van der Waals surface area contributed by atoms with Gasteiger partial charge in [-0.1, -0.05) is 33.3 Å². The predicted octanol–water partition coefficient (Wildman–Crippen LogP) is 6.62. The molecular formula is C17H25Br2N. The Morgan fingerprint density at radius 3 is 2.15 bits per heavy atom. The van der Waals surface area contributed by atoms with Crippen molar-refractivity contribution in [2.24, 2.45) is 11.3 Å². The van der Waals surface area contributed by atoms with Crippen LogP contribution in [0.3, 0.4) is 0 Å². The van der Waals surface area contributed by atoms with Gasteiger partial charge in [-0.2, -0.15) is 0 Å². The maximum Gasteiger partial charge on any atom is 0.0631 e. The standard InChI is InChI=1S/C17H25Br2N/c1-4-17(2,3)12-8-10-13(11-9-12)20-16-14(18)6-5-7-15(16)19/h5-7,12-13,20H,4,8-11H2,1-3H3. The summed E-state index contributed by atoms with van der Waals surface area (Å²) in [5, 5.41) is 3.71. The largest absolute Gasteiger partial charge is 0.380 e. The molecule has 1 N–H and O–H groups in total. The van der Waals surface area contributed by atoms with Gasteiger partial charge in [-0.05, 0) is 81.0 Å². The summed E-state index contributed by atoms with van der Waals surface area (Å²) in [5.74, 6) is 0.883. The fourth-order valence-corrected chi connectivity index (χ4v) is 4.38. The summed E-state index contributed by atoms with van der Waals surface area (Å²) < 4.78 is 2.28. The number of para-hydroxylation sites is 1. The molecule has 0 amide bonds. The van der Waals surface area contributed by atoms with Crippen molar-refractivity contribution in [1.29, 1.82) is 0 Å². The Labute approximate surface area is 140 Å². The van der Waals surface area contributed by atoms with Crippen LogP contribution in [0.25, 0.3) is 0 Å². The van der Waals surface area contributed by atoms with Gasteiger partial charge in [0.15, 0.2) is 0 Å². The summed E-state index contributed by atoms with van der Waals surface area (Å²) in [5.41, 5.74) is 1.70. The molecule has 1 aliphatic carbocycles. The molecule has 1 saturated carbocycles. The second-order valence-corrected chi connectivity index (χ2v) is 8.34. The fourth-order valence-electron chi connectivity index (χ4n) is 3.15. The van der Waals surface area contributed by atoms with E-state index in [2.05, 4.69) is 76.1 Å². The summed E-state index contributed by atoms with van der Waals surface area (Å²) in [6.45, 7) is 7.17. The molecule has 1 nitrogen and oxygen atoms in total. The van der Waals surface area contributed by atoms with Crippen LogP contribution >= 0.6 is 31.9 Å². The van der Waals surface area contributed by atoms with Crippen LogP contribution in [0.15, 0.2) is 27.1 Å². The van der Waals surface area contributed by atoms with Crippen molar-refractivity contribution in [2.75, 3.05) is 5.32 Å². The molecule has 0 radical (unpaired) electrons. The smallest absolute Gasteiger partial charge is 0.0631 e. The van der Waals surface area contributed by atoms with E-state index in [4.69, 9.17) is 0 Å². The molecule has 0 bridgehead atoms. The normalized spacial score (nSPS) is 23.6. The molecule has 1 fully saturated rings. The highest BCUT2D eigenvalue weighted by atomic mass is 79.9. The van der Waals surface area contributed by atoms with E-state index in [0.29, 0.717) is 11.5 Å². The molecule has 20 heavy (non-hydrogen) atoms. The molecule has 0 unspecified atom stereocenters. The maximum absolute atomic E-state index is 3.71. The number of anilines is 1. The van der Waals surface area contributed by atoms with Crippen molar-refractivity contribution in [3.63, 3.8) is 0 Å². The first-order valence-electron chi connectivity index (χ1n) is 7.64. The summed E-state index contributed by atoms with van der Waals surface area (Å²) in [6.07, 6.45) is 6.54. The van der Waals surface area contributed by atoms with E-state index in [1.54, 1.807) is 0 Å². The Balaban J connectivity index is 1.95. The van der Waals surface area contributed by atoms with Gasteiger partial charge < -0.3 is 5.32 Å². The first-order valence-corrected chi connectivity index (χ1v) is 9.23. The highest BCUT2D eigenvalue weighted by Crippen LogP contribution is 2.41. The fraction of sp³-hybridized carbons (Fsp3) is 0.647. The minimum atomic E-state index is 0.499. The summed E-state index contributed by atoms with van der Waals surface area (Å²) in [7, 11) is 0. The first-order chi connectivity index (χ1) is 9.44. The van der Waals surface area contributed by atoms with Crippen LogP contribution in [0, 0.1) is 11.3 Å². The quantitative estimate of drug-likeness (QED) is 0.596. The average Bonchev–Trinajstić information content (AvgIpc) is 2.43. The Hall–Kier alpha value is -0.0200. The van der Waals surface area contributed by atoms with Crippen molar-refractivity contribution in [1.82, 2.24) is 0 Å². The van der Waals surface area contributed by atoms with Crippen molar-refractivity contribution in [2.45, 2.75) is 58.9 Å². The minimum Gasteiger partial charge on any atom is -0.380 e. The number of hydrogen-bond acceptors (Lipinski definition) is 1. The number of nitrogens with one attached hydrogen (secondary N) is 1. The summed E-state index contributed by atoms with van der Waals surface area (Å²) in [6, 6.07) is 6.85. The van der Waals surface area contributed by atoms with Crippen LogP contribution in [-0.4, -0.2) is 6.04 Å². The van der Waals surface area contributed by atoms with Crippen LogP contribution in [0.2, 0.25) is 0 Å². The highest BCUT2D eigenvalue weighted by molar-refractivity contribution is 9.11. The van der Waals surface area contributed by atoms with Gasteiger partial charge in [-0.25, -0.2) is 0 Å². The zero-order valence-electron chi connectivity index (χ0n) is 12.7. The molecular weight excluding hydrogens is 378 g/mol. The van der Waals surface area contributed by atoms with E-state index < -0.39 is 0 Å². The van der Waals surface area contributed by atoms with E-state index in [-0.39, 0.29) is 0 Å². The molecule has 0 saturated heterocycles.